The van der Waals surface area contributed by atoms with Crippen LogP contribution < -0.4 is 0 Å². The molecule has 9 heteroatoms. The van der Waals surface area contributed by atoms with Gasteiger partial charge in [0, 0.05) is 46.3 Å². The molecule has 4 heterocycles. The van der Waals surface area contributed by atoms with Crippen LogP contribution in [0.3, 0.4) is 0 Å². The summed E-state index contributed by atoms with van der Waals surface area (Å²) in [6.07, 6.45) is 7.21. The minimum atomic E-state index is 0. The zero-order valence-corrected chi connectivity index (χ0v) is 20.9. The second-order valence-corrected chi connectivity index (χ2v) is 6.98. The van der Waals surface area contributed by atoms with Gasteiger partial charge in [0.1, 0.15) is 0 Å². The number of thiocarbonyl (C=S) groups is 2. The summed E-state index contributed by atoms with van der Waals surface area (Å²) in [5.74, 6) is 0. The number of rotatable bonds is 0. The van der Waals surface area contributed by atoms with Gasteiger partial charge in [0.05, 0.1) is 22.1 Å². The van der Waals surface area contributed by atoms with Crippen LogP contribution in [-0.2, 0) is 17.1 Å². The Morgan fingerprint density at radius 3 is 0.857 bits per heavy atom. The Balaban J connectivity index is 0.000000198. The predicted octanol–water partition coefficient (Wildman–Crippen LogP) is 6.88. The van der Waals surface area contributed by atoms with Gasteiger partial charge in [-0.15, -0.1) is 0 Å². The van der Waals surface area contributed by atoms with Gasteiger partial charge in [0.25, 0.3) is 0 Å². The summed E-state index contributed by atoms with van der Waals surface area (Å²) in [5, 5.41) is 21.5. The molecule has 0 aliphatic rings. The van der Waals surface area contributed by atoms with Crippen LogP contribution in [0.15, 0.2) is 97.6 Å². The number of pyridine rings is 4. The third kappa shape index (κ3) is 7.09. The molecule has 1 radical (unpaired) electrons. The molecule has 0 aliphatic heterocycles. The first kappa shape index (κ1) is 27.4. The van der Waals surface area contributed by atoms with Crippen molar-refractivity contribution >= 4 is 78.4 Å². The van der Waals surface area contributed by atoms with Crippen molar-refractivity contribution in [1.29, 1.82) is 0 Å². The van der Waals surface area contributed by atoms with E-state index in [1.54, 1.807) is 24.8 Å². The van der Waals surface area contributed by atoms with Crippen molar-refractivity contribution < 1.29 is 17.1 Å². The van der Waals surface area contributed by atoms with Gasteiger partial charge in [-0.1, -0.05) is 73.0 Å². The van der Waals surface area contributed by atoms with E-state index < -0.39 is 0 Å². The first-order chi connectivity index (χ1) is 16.7. The minimum Gasteiger partial charge on any atom is -0.753 e. The molecule has 0 amide bonds. The van der Waals surface area contributed by atoms with Crippen molar-refractivity contribution in [1.82, 2.24) is 19.9 Å². The quantitative estimate of drug-likeness (QED) is 0.0918. The van der Waals surface area contributed by atoms with E-state index in [4.69, 9.17) is 10.8 Å². The van der Waals surface area contributed by atoms with Gasteiger partial charge >= 0.3 is 17.1 Å². The first-order valence-electron chi connectivity index (χ1n) is 9.93. The summed E-state index contributed by atoms with van der Waals surface area (Å²) in [7, 11) is 0. The fourth-order valence-corrected chi connectivity index (χ4v) is 3.36. The SMILES string of the molecule is [Mn+2].[N-]=C=S.[N-]=C=S.c1cnc2c(c1)ccc1cccnc12.c1cnc2c(c1)ccc1cccnc12. The molecule has 6 rings (SSSR count). The van der Waals surface area contributed by atoms with Gasteiger partial charge in [0.2, 0.25) is 0 Å². The second-order valence-electron chi connectivity index (χ2n) is 6.61. The maximum absolute atomic E-state index is 7.13. The largest absolute Gasteiger partial charge is 2.00 e. The van der Waals surface area contributed by atoms with E-state index in [1.807, 2.05) is 24.3 Å². The molecule has 35 heavy (non-hydrogen) atoms. The number of benzene rings is 2. The Morgan fingerprint density at radius 1 is 0.457 bits per heavy atom. The maximum Gasteiger partial charge on any atom is 2.00 e. The van der Waals surface area contributed by atoms with Crippen LogP contribution in [0, 0.1) is 0 Å². The molecular formula is C26H16MnN6S2. The average molecular weight is 532 g/mol. The zero-order chi connectivity index (χ0) is 24.2. The molecule has 0 fully saturated rings. The van der Waals surface area contributed by atoms with Crippen molar-refractivity contribution in [3.05, 3.63) is 108 Å². The number of fused-ring (bicyclic) bond motifs is 6. The van der Waals surface area contributed by atoms with Crippen LogP contribution in [0.25, 0.3) is 54.4 Å². The molecule has 4 aromatic heterocycles. The molecule has 0 saturated heterocycles. The molecule has 169 valence electrons. The van der Waals surface area contributed by atoms with Gasteiger partial charge in [-0.25, -0.2) is 0 Å². The van der Waals surface area contributed by atoms with Crippen LogP contribution in [0.2, 0.25) is 0 Å². The summed E-state index contributed by atoms with van der Waals surface area (Å²) in [4.78, 5) is 17.4. The molecule has 0 N–H and O–H groups in total. The van der Waals surface area contributed by atoms with E-state index >= 15 is 0 Å². The van der Waals surface area contributed by atoms with Crippen molar-refractivity contribution in [3.8, 4) is 0 Å². The molecule has 0 spiro atoms. The topological polar surface area (TPSA) is 96.2 Å². The van der Waals surface area contributed by atoms with Crippen LogP contribution >= 0.6 is 24.4 Å². The summed E-state index contributed by atoms with van der Waals surface area (Å²) < 4.78 is 0. The van der Waals surface area contributed by atoms with Crippen LogP contribution in [0.4, 0.5) is 0 Å². The third-order valence-corrected chi connectivity index (χ3v) is 4.69. The van der Waals surface area contributed by atoms with E-state index in [0.29, 0.717) is 0 Å². The fraction of sp³-hybridized carbons (Fsp3) is 0. The van der Waals surface area contributed by atoms with Crippen LogP contribution in [0.1, 0.15) is 0 Å². The van der Waals surface area contributed by atoms with Crippen molar-refractivity contribution in [2.75, 3.05) is 0 Å². The van der Waals surface area contributed by atoms with Gasteiger partial charge in [-0.05, 0) is 24.3 Å². The van der Waals surface area contributed by atoms with E-state index in [9.17, 15) is 0 Å². The van der Waals surface area contributed by atoms with Crippen molar-refractivity contribution in [2.24, 2.45) is 0 Å². The standard InChI is InChI=1S/2C12H8N2.2CNS.Mn/c2*1-3-9-5-6-10-4-2-8-14-12(10)11(9)13-7-1;2*2-1-3;/h2*1-8H;;;/q;;2*-1;+2. The smallest absolute Gasteiger partial charge is 0.753 e. The maximum atomic E-state index is 7.13. The van der Waals surface area contributed by atoms with E-state index in [0.717, 1.165) is 43.6 Å². The van der Waals surface area contributed by atoms with Gasteiger partial charge in [-0.2, -0.15) is 10.3 Å². The second kappa shape index (κ2) is 14.5. The third-order valence-electron chi connectivity index (χ3n) is 4.69. The monoisotopic (exact) mass is 531 g/mol. The Bertz CT molecular complexity index is 1400. The summed E-state index contributed by atoms with van der Waals surface area (Å²) >= 11 is 7.40. The number of nitrogens with zero attached hydrogens (tertiary/aromatic N) is 6. The van der Waals surface area contributed by atoms with Crippen LogP contribution in [0.5, 0.6) is 0 Å². The number of aromatic nitrogens is 4. The molecule has 6 nitrogen and oxygen atoms in total. The summed E-state index contributed by atoms with van der Waals surface area (Å²) in [5.41, 5.74) is 3.91. The normalized spacial score (nSPS) is 9.14. The molecule has 6 aromatic rings. The van der Waals surface area contributed by atoms with Gasteiger partial charge in [0.15, 0.2) is 0 Å². The van der Waals surface area contributed by atoms with E-state index in [-0.39, 0.29) is 17.1 Å². The Kier molecular flexibility index (Phi) is 11.3. The van der Waals surface area contributed by atoms with E-state index in [1.165, 1.54) is 10.3 Å². The summed E-state index contributed by atoms with van der Waals surface area (Å²) in [6, 6.07) is 24.3. The molecule has 0 saturated carbocycles. The number of isothiocyanates is 2. The molecule has 0 atom stereocenters. The Morgan fingerprint density at radius 2 is 0.657 bits per heavy atom. The Hall–Kier alpha value is -3.80. The molecule has 0 aliphatic carbocycles. The molecular weight excluding hydrogens is 515 g/mol. The Labute approximate surface area is 223 Å². The molecule has 0 bridgehead atoms. The number of hydrogen-bond acceptors (Lipinski definition) is 6. The van der Waals surface area contributed by atoms with Gasteiger partial charge in [-0.3, -0.25) is 19.9 Å². The van der Waals surface area contributed by atoms with Crippen molar-refractivity contribution in [3.63, 3.8) is 0 Å². The van der Waals surface area contributed by atoms with Crippen molar-refractivity contribution in [2.45, 2.75) is 0 Å². The minimum absolute atomic E-state index is 0. The zero-order valence-electron chi connectivity index (χ0n) is 18.1. The van der Waals surface area contributed by atoms with Gasteiger partial charge < -0.3 is 10.8 Å². The summed E-state index contributed by atoms with van der Waals surface area (Å²) in [6.45, 7) is 0. The molecule has 0 unspecified atom stereocenters. The van der Waals surface area contributed by atoms with E-state index in [2.05, 4.69) is 92.9 Å². The average Bonchev–Trinajstić information content (AvgIpc) is 2.90. The first-order valence-corrected chi connectivity index (χ1v) is 10.7. The fourth-order valence-electron chi connectivity index (χ4n) is 3.36. The predicted molar refractivity (Wildman–Crippen MR) is 146 cm³/mol. The molecule has 2 aromatic carbocycles. The van der Waals surface area contributed by atoms with Crippen LogP contribution in [-0.4, -0.2) is 30.3 Å². The number of hydrogen-bond donors (Lipinski definition) is 0.